The highest BCUT2D eigenvalue weighted by Gasteiger charge is 2.04. The molecule has 0 saturated heterocycles. The van der Waals surface area contributed by atoms with E-state index in [0.717, 1.165) is 12.8 Å². The fraction of sp³-hybridized carbons (Fsp3) is 0.357. The van der Waals surface area contributed by atoms with Gasteiger partial charge in [-0.15, -0.1) is 6.58 Å². The number of carbonyl (C=O) groups excluding carboxylic acids is 1. The minimum Gasteiger partial charge on any atom is -0.491 e. The number of allylic oxidation sites excluding steroid dienone is 1. The van der Waals surface area contributed by atoms with Crippen molar-refractivity contribution in [1.82, 2.24) is 5.43 Å². The van der Waals surface area contributed by atoms with Crippen LogP contribution < -0.4 is 16.0 Å². The third-order valence-corrected chi connectivity index (χ3v) is 2.42. The van der Waals surface area contributed by atoms with Crippen LogP contribution in [0.5, 0.6) is 5.75 Å². The van der Waals surface area contributed by atoms with Gasteiger partial charge in [-0.05, 0) is 31.0 Å². The maximum atomic E-state index is 11.3. The summed E-state index contributed by atoms with van der Waals surface area (Å²) in [6, 6.07) is 6.83. The second kappa shape index (κ2) is 9.13. The molecule has 5 heteroatoms. The number of unbranched alkanes of at least 4 members (excludes halogenated alkanes) is 1. The summed E-state index contributed by atoms with van der Waals surface area (Å²) in [5, 5.41) is 0. The Labute approximate surface area is 113 Å². The summed E-state index contributed by atoms with van der Waals surface area (Å²) in [7, 11) is 0. The Morgan fingerprint density at radius 2 is 2.21 bits per heavy atom. The molecule has 0 atom stereocenters. The molecule has 0 heterocycles. The molecular formula is C14H20N2O3. The molecule has 1 rings (SSSR count). The maximum absolute atomic E-state index is 11.3. The van der Waals surface area contributed by atoms with Gasteiger partial charge in [0.25, 0.3) is 5.91 Å². The zero-order valence-electron chi connectivity index (χ0n) is 10.9. The average molecular weight is 264 g/mol. The summed E-state index contributed by atoms with van der Waals surface area (Å²) >= 11 is 0. The Hall–Kier alpha value is -1.85. The van der Waals surface area contributed by atoms with Crippen molar-refractivity contribution in [1.29, 1.82) is 0 Å². The highest BCUT2D eigenvalue weighted by atomic mass is 16.5. The van der Waals surface area contributed by atoms with Crippen molar-refractivity contribution < 1.29 is 14.3 Å². The standard InChI is InChI=1S/C14H20N2O3/c1-2-3-4-8-18-9-10-19-13-7-5-6-12(11-13)14(17)16-15/h2,5-7,11H,1,3-4,8-10,15H2,(H,16,17). The van der Waals surface area contributed by atoms with Gasteiger partial charge < -0.3 is 9.47 Å². The Morgan fingerprint density at radius 3 is 2.95 bits per heavy atom. The first kappa shape index (κ1) is 15.2. The van der Waals surface area contributed by atoms with Gasteiger partial charge in [-0.2, -0.15) is 0 Å². The Morgan fingerprint density at radius 1 is 1.37 bits per heavy atom. The predicted molar refractivity (Wildman–Crippen MR) is 73.8 cm³/mol. The summed E-state index contributed by atoms with van der Waals surface area (Å²) in [6.45, 7) is 5.31. The first-order chi connectivity index (χ1) is 9.27. The number of carbonyl (C=O) groups is 1. The molecule has 0 bridgehead atoms. The summed E-state index contributed by atoms with van der Waals surface area (Å²) in [4.78, 5) is 11.3. The van der Waals surface area contributed by atoms with Crippen molar-refractivity contribution in [2.45, 2.75) is 12.8 Å². The Balaban J connectivity index is 2.25. The molecule has 0 spiro atoms. The van der Waals surface area contributed by atoms with Crippen LogP contribution in [0.25, 0.3) is 0 Å². The molecule has 0 aliphatic rings. The van der Waals surface area contributed by atoms with E-state index in [2.05, 4.69) is 12.0 Å². The number of hydrogen-bond acceptors (Lipinski definition) is 4. The number of rotatable bonds is 9. The van der Waals surface area contributed by atoms with Gasteiger partial charge >= 0.3 is 0 Å². The third kappa shape index (κ3) is 6.03. The molecule has 0 fully saturated rings. The van der Waals surface area contributed by atoms with Crippen molar-refractivity contribution in [3.63, 3.8) is 0 Å². The largest absolute Gasteiger partial charge is 0.491 e. The smallest absolute Gasteiger partial charge is 0.265 e. The number of hydrazine groups is 1. The van der Waals surface area contributed by atoms with Crippen molar-refractivity contribution in [3.05, 3.63) is 42.5 Å². The Bertz CT molecular complexity index is 407. The SMILES string of the molecule is C=CCCCOCCOc1cccc(C(=O)NN)c1. The van der Waals surface area contributed by atoms with Gasteiger partial charge in [0, 0.05) is 12.2 Å². The normalized spacial score (nSPS) is 9.95. The number of ether oxygens (including phenoxy) is 2. The summed E-state index contributed by atoms with van der Waals surface area (Å²) in [5.41, 5.74) is 2.54. The van der Waals surface area contributed by atoms with Crippen molar-refractivity contribution >= 4 is 5.91 Å². The summed E-state index contributed by atoms with van der Waals surface area (Å²) in [5.74, 6) is 5.35. The fourth-order valence-electron chi connectivity index (χ4n) is 1.46. The van der Waals surface area contributed by atoms with Crippen LogP contribution in [0.4, 0.5) is 0 Å². The molecule has 0 aliphatic carbocycles. The third-order valence-electron chi connectivity index (χ3n) is 2.42. The topological polar surface area (TPSA) is 73.6 Å². The predicted octanol–water partition coefficient (Wildman–Crippen LogP) is 1.65. The van der Waals surface area contributed by atoms with Gasteiger partial charge in [-0.25, -0.2) is 5.84 Å². The van der Waals surface area contributed by atoms with Gasteiger partial charge in [-0.1, -0.05) is 12.1 Å². The van der Waals surface area contributed by atoms with Crippen LogP contribution in [-0.4, -0.2) is 25.7 Å². The van der Waals surface area contributed by atoms with Gasteiger partial charge in [0.05, 0.1) is 6.61 Å². The van der Waals surface area contributed by atoms with Gasteiger partial charge in [0.2, 0.25) is 0 Å². The van der Waals surface area contributed by atoms with Crippen LogP contribution in [0.3, 0.4) is 0 Å². The molecule has 0 aliphatic heterocycles. The van der Waals surface area contributed by atoms with Crippen LogP contribution in [0.2, 0.25) is 0 Å². The maximum Gasteiger partial charge on any atom is 0.265 e. The summed E-state index contributed by atoms with van der Waals surface area (Å²) < 4.78 is 10.9. The number of amides is 1. The number of nitrogens with one attached hydrogen (secondary N) is 1. The van der Waals surface area contributed by atoms with Crippen LogP contribution in [0.15, 0.2) is 36.9 Å². The van der Waals surface area contributed by atoms with E-state index in [-0.39, 0.29) is 5.91 Å². The zero-order chi connectivity index (χ0) is 13.9. The number of benzene rings is 1. The van der Waals surface area contributed by atoms with Gasteiger partial charge in [-0.3, -0.25) is 10.2 Å². The average Bonchev–Trinajstić information content (AvgIpc) is 2.46. The summed E-state index contributed by atoms with van der Waals surface area (Å²) in [6.07, 6.45) is 3.79. The lowest BCUT2D eigenvalue weighted by molar-refractivity contribution is 0.0949. The molecule has 5 nitrogen and oxygen atoms in total. The quantitative estimate of drug-likeness (QED) is 0.234. The number of hydrogen-bond donors (Lipinski definition) is 2. The molecule has 0 saturated carbocycles. The molecule has 0 unspecified atom stereocenters. The monoisotopic (exact) mass is 264 g/mol. The van der Waals surface area contributed by atoms with Crippen LogP contribution in [0.1, 0.15) is 23.2 Å². The van der Waals surface area contributed by atoms with E-state index in [1.807, 2.05) is 6.08 Å². The highest BCUT2D eigenvalue weighted by Crippen LogP contribution is 2.12. The van der Waals surface area contributed by atoms with Gasteiger partial charge in [0.1, 0.15) is 12.4 Å². The zero-order valence-corrected chi connectivity index (χ0v) is 10.9. The lowest BCUT2D eigenvalue weighted by Gasteiger charge is -2.08. The minimum atomic E-state index is -0.342. The van der Waals surface area contributed by atoms with E-state index in [0.29, 0.717) is 31.1 Å². The molecular weight excluding hydrogens is 244 g/mol. The van der Waals surface area contributed by atoms with Crippen LogP contribution >= 0.6 is 0 Å². The van der Waals surface area contributed by atoms with E-state index in [1.165, 1.54) is 0 Å². The lowest BCUT2D eigenvalue weighted by atomic mass is 10.2. The van der Waals surface area contributed by atoms with Crippen molar-refractivity contribution in [2.24, 2.45) is 5.84 Å². The molecule has 1 aromatic carbocycles. The highest BCUT2D eigenvalue weighted by molar-refractivity contribution is 5.94. The number of nitrogens with two attached hydrogens (primary N) is 1. The molecule has 3 N–H and O–H groups in total. The van der Waals surface area contributed by atoms with E-state index >= 15 is 0 Å². The first-order valence-electron chi connectivity index (χ1n) is 6.20. The van der Waals surface area contributed by atoms with Crippen molar-refractivity contribution in [3.8, 4) is 5.75 Å². The molecule has 1 aromatic rings. The second-order valence-corrected chi connectivity index (χ2v) is 3.89. The molecule has 19 heavy (non-hydrogen) atoms. The number of nitrogen functional groups attached to an aromatic ring is 1. The Kier molecular flexibility index (Phi) is 7.31. The van der Waals surface area contributed by atoms with E-state index < -0.39 is 0 Å². The minimum absolute atomic E-state index is 0.342. The van der Waals surface area contributed by atoms with E-state index in [4.69, 9.17) is 15.3 Å². The van der Waals surface area contributed by atoms with E-state index in [1.54, 1.807) is 24.3 Å². The molecule has 0 aromatic heterocycles. The van der Waals surface area contributed by atoms with Crippen LogP contribution in [-0.2, 0) is 4.74 Å². The fourth-order valence-corrected chi connectivity index (χ4v) is 1.46. The molecule has 0 radical (unpaired) electrons. The van der Waals surface area contributed by atoms with E-state index in [9.17, 15) is 4.79 Å². The second-order valence-electron chi connectivity index (χ2n) is 3.89. The van der Waals surface area contributed by atoms with Crippen molar-refractivity contribution in [2.75, 3.05) is 19.8 Å². The molecule has 1 amide bonds. The lowest BCUT2D eigenvalue weighted by Crippen LogP contribution is -2.29. The van der Waals surface area contributed by atoms with Crippen LogP contribution in [0, 0.1) is 0 Å². The van der Waals surface area contributed by atoms with Gasteiger partial charge in [0.15, 0.2) is 0 Å². The first-order valence-corrected chi connectivity index (χ1v) is 6.20. The molecule has 104 valence electrons.